The first kappa shape index (κ1) is 21.3. The molecule has 4 heteroatoms. The third kappa shape index (κ3) is 3.70. The number of H-pyrrole nitrogens is 1. The number of Topliss-reactive ketones (excluding diaryl/α,β-unsaturated/α-hetero) is 1. The Morgan fingerprint density at radius 2 is 1.94 bits per heavy atom. The van der Waals surface area contributed by atoms with Gasteiger partial charge in [-0.25, -0.2) is 0 Å². The van der Waals surface area contributed by atoms with Gasteiger partial charge in [-0.15, -0.1) is 0 Å². The highest BCUT2D eigenvalue weighted by Crippen LogP contribution is 2.63. The molecule has 1 saturated carbocycles. The van der Waals surface area contributed by atoms with Crippen molar-refractivity contribution in [3.8, 4) is 0 Å². The van der Waals surface area contributed by atoms with Gasteiger partial charge in [-0.2, -0.15) is 5.10 Å². The molecule has 0 bridgehead atoms. The van der Waals surface area contributed by atoms with E-state index < -0.39 is 5.41 Å². The summed E-state index contributed by atoms with van der Waals surface area (Å²) in [6.07, 6.45) is 9.37. The number of aromatic amines is 1. The van der Waals surface area contributed by atoms with E-state index in [1.807, 2.05) is 24.3 Å². The molecule has 3 atom stereocenters. The molecule has 3 unspecified atom stereocenters. The Bertz CT molecular complexity index is 1340. The molecule has 2 aromatic carbocycles. The van der Waals surface area contributed by atoms with Crippen molar-refractivity contribution >= 4 is 28.8 Å². The molecule has 1 fully saturated rings. The largest absolute Gasteiger partial charge is 0.298 e. The van der Waals surface area contributed by atoms with E-state index in [2.05, 4.69) is 78.4 Å². The van der Waals surface area contributed by atoms with Crippen LogP contribution in [0.1, 0.15) is 60.6 Å². The second kappa shape index (κ2) is 8.43. The molecule has 33 heavy (non-hydrogen) atoms. The average molecular weight is 436 g/mol. The van der Waals surface area contributed by atoms with Gasteiger partial charge < -0.3 is 0 Å². The molecular weight excluding hydrogens is 406 g/mol. The van der Waals surface area contributed by atoms with E-state index in [1.54, 1.807) is 12.4 Å². The van der Waals surface area contributed by atoms with Crippen molar-refractivity contribution in [1.29, 1.82) is 0 Å². The maximum atomic E-state index is 13.6. The van der Waals surface area contributed by atoms with Gasteiger partial charge in [0, 0.05) is 29.6 Å². The van der Waals surface area contributed by atoms with E-state index in [0.717, 1.165) is 35.0 Å². The lowest BCUT2D eigenvalue weighted by atomic mass is 9.79. The monoisotopic (exact) mass is 435 g/mol. The third-order valence-electron chi connectivity index (χ3n) is 7.24. The van der Waals surface area contributed by atoms with Crippen molar-refractivity contribution in [2.45, 2.75) is 44.9 Å². The number of carbonyl (C=O) groups excluding carboxylic acids is 1. The van der Waals surface area contributed by atoms with Crippen molar-refractivity contribution in [3.63, 3.8) is 0 Å². The van der Waals surface area contributed by atoms with Crippen molar-refractivity contribution in [1.82, 2.24) is 15.2 Å². The zero-order valence-electron chi connectivity index (χ0n) is 19.4. The third-order valence-corrected chi connectivity index (χ3v) is 7.24. The van der Waals surface area contributed by atoms with Crippen molar-refractivity contribution in [3.05, 3.63) is 94.9 Å². The van der Waals surface area contributed by atoms with Crippen LogP contribution in [0.4, 0.5) is 0 Å². The minimum absolute atomic E-state index is 0.0513. The predicted molar refractivity (Wildman–Crippen MR) is 134 cm³/mol. The summed E-state index contributed by atoms with van der Waals surface area (Å²) in [6.45, 7) is 6.29. The molecule has 0 spiro atoms. The molecular formula is C29H29N3O. The quantitative estimate of drug-likeness (QED) is 0.361. The van der Waals surface area contributed by atoms with Gasteiger partial charge in [-0.1, -0.05) is 56.3 Å². The topological polar surface area (TPSA) is 58.6 Å². The fourth-order valence-electron chi connectivity index (χ4n) is 5.12. The Balaban J connectivity index is 1.49. The molecule has 0 saturated heterocycles. The highest BCUT2D eigenvalue weighted by atomic mass is 16.1. The van der Waals surface area contributed by atoms with Crippen LogP contribution in [0.2, 0.25) is 0 Å². The number of nitrogens with zero attached hydrogens (tertiary/aromatic N) is 2. The van der Waals surface area contributed by atoms with Crippen molar-refractivity contribution in [2.24, 2.45) is 5.92 Å². The summed E-state index contributed by atoms with van der Waals surface area (Å²) in [6, 6.07) is 18.8. The number of carbonyl (C=O) groups is 1. The molecule has 1 N–H and O–H groups in total. The second-order valence-corrected chi connectivity index (χ2v) is 9.24. The summed E-state index contributed by atoms with van der Waals surface area (Å²) in [7, 11) is 0. The van der Waals surface area contributed by atoms with Gasteiger partial charge in [-0.05, 0) is 66.3 Å². The number of ketones is 1. The van der Waals surface area contributed by atoms with Crippen LogP contribution in [0.3, 0.4) is 0 Å². The normalized spacial score (nSPS) is 20.9. The van der Waals surface area contributed by atoms with Crippen LogP contribution in [0.15, 0.2) is 67.0 Å². The van der Waals surface area contributed by atoms with Crippen LogP contribution >= 0.6 is 0 Å². The molecule has 2 aromatic heterocycles. The van der Waals surface area contributed by atoms with Gasteiger partial charge in [0.1, 0.15) is 5.78 Å². The minimum Gasteiger partial charge on any atom is -0.298 e. The Hall–Kier alpha value is -3.53. The first-order chi connectivity index (χ1) is 16.0. The Labute approximate surface area is 194 Å². The predicted octanol–water partition coefficient (Wildman–Crippen LogP) is 6.48. The Morgan fingerprint density at radius 3 is 2.70 bits per heavy atom. The number of hydrogen-bond acceptors (Lipinski definition) is 3. The van der Waals surface area contributed by atoms with Gasteiger partial charge in [0.25, 0.3) is 0 Å². The lowest BCUT2D eigenvalue weighted by Crippen LogP contribution is -2.29. The van der Waals surface area contributed by atoms with Gasteiger partial charge in [-0.3, -0.25) is 14.9 Å². The standard InChI is InChI=1S/C29H29N3O/c1-4-19(2)28(33)29(24-8-6-5-7-20(24)3)18-25(29)22-10-11-23-26(31-32-27(23)17-22)12-9-21-13-15-30-16-14-21/h5-17,19,25H,4,18H2,1-3H3,(H,31,32)/b12-9+. The molecule has 166 valence electrons. The highest BCUT2D eigenvalue weighted by molar-refractivity contribution is 5.97. The molecule has 1 aliphatic rings. The zero-order valence-corrected chi connectivity index (χ0v) is 19.4. The summed E-state index contributed by atoms with van der Waals surface area (Å²) in [5.74, 6) is 0.619. The molecule has 1 aliphatic carbocycles. The fraction of sp³-hybridized carbons (Fsp3) is 0.276. The van der Waals surface area contributed by atoms with E-state index in [1.165, 1.54) is 16.7 Å². The van der Waals surface area contributed by atoms with Crippen LogP contribution in [-0.2, 0) is 10.2 Å². The zero-order chi connectivity index (χ0) is 23.0. The Morgan fingerprint density at radius 1 is 1.15 bits per heavy atom. The number of rotatable bonds is 7. The summed E-state index contributed by atoms with van der Waals surface area (Å²) >= 11 is 0. The molecule has 4 nitrogen and oxygen atoms in total. The number of pyridine rings is 1. The molecule has 2 heterocycles. The Kier molecular flexibility index (Phi) is 5.45. The molecule has 4 aromatic rings. The van der Waals surface area contributed by atoms with E-state index in [0.29, 0.717) is 5.78 Å². The van der Waals surface area contributed by atoms with Gasteiger partial charge >= 0.3 is 0 Å². The van der Waals surface area contributed by atoms with Crippen LogP contribution in [0, 0.1) is 12.8 Å². The smallest absolute Gasteiger partial charge is 0.146 e. The molecule has 0 radical (unpaired) electrons. The number of nitrogens with one attached hydrogen (secondary N) is 1. The van der Waals surface area contributed by atoms with Crippen LogP contribution < -0.4 is 0 Å². The van der Waals surface area contributed by atoms with E-state index in [-0.39, 0.29) is 11.8 Å². The number of fused-ring (bicyclic) bond motifs is 1. The second-order valence-electron chi connectivity index (χ2n) is 9.24. The van der Waals surface area contributed by atoms with E-state index in [9.17, 15) is 4.79 Å². The molecule has 5 rings (SSSR count). The minimum atomic E-state index is -0.418. The van der Waals surface area contributed by atoms with E-state index >= 15 is 0 Å². The van der Waals surface area contributed by atoms with Gasteiger partial charge in [0.15, 0.2) is 0 Å². The highest BCUT2D eigenvalue weighted by Gasteiger charge is 2.62. The number of benzene rings is 2. The molecule has 0 amide bonds. The SMILES string of the molecule is CCC(C)C(=O)C1(c2ccccc2C)CC1c1ccc2c(/C=C/c3ccncc3)n[nH]c2c1. The maximum absolute atomic E-state index is 13.6. The number of hydrogen-bond donors (Lipinski definition) is 1. The van der Waals surface area contributed by atoms with Crippen LogP contribution in [0.5, 0.6) is 0 Å². The van der Waals surface area contributed by atoms with Gasteiger partial charge in [0.2, 0.25) is 0 Å². The average Bonchev–Trinajstić information content (AvgIpc) is 3.48. The lowest BCUT2D eigenvalue weighted by Gasteiger charge is -2.23. The van der Waals surface area contributed by atoms with Crippen molar-refractivity contribution in [2.75, 3.05) is 0 Å². The summed E-state index contributed by atoms with van der Waals surface area (Å²) < 4.78 is 0. The maximum Gasteiger partial charge on any atom is 0.146 e. The lowest BCUT2D eigenvalue weighted by molar-refractivity contribution is -0.125. The number of aromatic nitrogens is 3. The van der Waals surface area contributed by atoms with Gasteiger partial charge in [0.05, 0.1) is 16.6 Å². The summed E-state index contributed by atoms with van der Waals surface area (Å²) in [5, 5.41) is 8.80. The van der Waals surface area contributed by atoms with Crippen LogP contribution in [0.25, 0.3) is 23.1 Å². The van der Waals surface area contributed by atoms with E-state index in [4.69, 9.17) is 0 Å². The summed E-state index contributed by atoms with van der Waals surface area (Å²) in [5.41, 5.74) is 6.17. The first-order valence-corrected chi connectivity index (χ1v) is 11.7. The fourth-order valence-corrected chi connectivity index (χ4v) is 5.12. The first-order valence-electron chi connectivity index (χ1n) is 11.7. The summed E-state index contributed by atoms with van der Waals surface area (Å²) in [4.78, 5) is 17.7. The number of aryl methyl sites for hydroxylation is 1. The van der Waals surface area contributed by atoms with Crippen molar-refractivity contribution < 1.29 is 4.79 Å². The van der Waals surface area contributed by atoms with Crippen LogP contribution in [-0.4, -0.2) is 21.0 Å². The molecule has 0 aliphatic heterocycles.